The van der Waals surface area contributed by atoms with Crippen LogP contribution in [0.4, 0.5) is 30.2 Å². The smallest absolute Gasteiger partial charge is 0.194 e. The molecule has 138 valence electrons. The summed E-state index contributed by atoms with van der Waals surface area (Å²) in [6, 6.07) is 7.86. The Labute approximate surface area is 151 Å². The third-order valence-electron chi connectivity index (χ3n) is 5.57. The lowest BCUT2D eigenvalue weighted by molar-refractivity contribution is 0.202. The van der Waals surface area contributed by atoms with E-state index in [1.54, 1.807) is 0 Å². The van der Waals surface area contributed by atoms with Gasteiger partial charge in [0.25, 0.3) is 0 Å². The Hall–Kier alpha value is -2.21. The van der Waals surface area contributed by atoms with Crippen LogP contribution in [-0.2, 0) is 0 Å². The van der Waals surface area contributed by atoms with E-state index < -0.39 is 17.5 Å². The van der Waals surface area contributed by atoms with Gasteiger partial charge in [-0.3, -0.25) is 0 Å². The molecule has 2 aromatic rings. The first-order valence-corrected chi connectivity index (χ1v) is 8.99. The van der Waals surface area contributed by atoms with E-state index in [9.17, 15) is 13.2 Å². The quantitative estimate of drug-likeness (QED) is 0.776. The van der Waals surface area contributed by atoms with E-state index >= 15 is 0 Å². The molecule has 3 nitrogen and oxygen atoms in total. The van der Waals surface area contributed by atoms with E-state index in [4.69, 9.17) is 0 Å². The summed E-state index contributed by atoms with van der Waals surface area (Å²) in [6.45, 7) is 3.20. The van der Waals surface area contributed by atoms with Gasteiger partial charge in [0, 0.05) is 41.7 Å². The molecule has 0 amide bonds. The number of rotatable bonds is 3. The Balaban J connectivity index is 1.52. The lowest BCUT2D eigenvalue weighted by Crippen LogP contribution is -2.33. The molecule has 26 heavy (non-hydrogen) atoms. The molecule has 0 spiro atoms. The maximum absolute atomic E-state index is 13.4. The van der Waals surface area contributed by atoms with Gasteiger partial charge in [0.15, 0.2) is 17.5 Å². The number of nitrogens with one attached hydrogen (secondary N) is 2. The summed E-state index contributed by atoms with van der Waals surface area (Å²) in [7, 11) is 2.16. The van der Waals surface area contributed by atoms with Crippen molar-refractivity contribution in [1.82, 2.24) is 4.90 Å². The first kappa shape index (κ1) is 17.2. The second kappa shape index (κ2) is 6.83. The largest absolute Gasteiger partial charge is 0.384 e. The number of likely N-dealkylation sites (tertiary alicyclic amines) is 1. The third kappa shape index (κ3) is 3.26. The molecule has 1 fully saturated rings. The summed E-state index contributed by atoms with van der Waals surface area (Å²) in [4.78, 5) is 2.37. The monoisotopic (exact) mass is 361 g/mol. The zero-order chi connectivity index (χ0) is 18.3. The topological polar surface area (TPSA) is 27.3 Å². The molecule has 0 radical (unpaired) electrons. The summed E-state index contributed by atoms with van der Waals surface area (Å²) in [6.07, 6.45) is 2.41. The molecule has 6 heteroatoms. The molecule has 2 aromatic carbocycles. The number of fused-ring (bicyclic) bond motifs is 1. The fourth-order valence-corrected chi connectivity index (χ4v) is 4.09. The fraction of sp³-hybridized carbons (Fsp3) is 0.400. The van der Waals surface area contributed by atoms with E-state index in [2.05, 4.69) is 28.6 Å². The van der Waals surface area contributed by atoms with E-state index in [-0.39, 0.29) is 5.69 Å². The third-order valence-corrected chi connectivity index (χ3v) is 5.57. The van der Waals surface area contributed by atoms with Gasteiger partial charge in [0.05, 0.1) is 0 Å². The number of nitrogens with zero attached hydrogens (tertiary/aromatic N) is 1. The highest BCUT2D eigenvalue weighted by atomic mass is 19.2. The van der Waals surface area contributed by atoms with Gasteiger partial charge in [0.2, 0.25) is 0 Å². The predicted molar refractivity (Wildman–Crippen MR) is 97.5 cm³/mol. The number of halogens is 3. The Bertz CT molecular complexity index is 793. The average molecular weight is 361 g/mol. The molecule has 4 rings (SSSR count). The van der Waals surface area contributed by atoms with Crippen molar-refractivity contribution in [3.05, 3.63) is 53.3 Å². The number of hydrogen-bond acceptors (Lipinski definition) is 3. The first-order chi connectivity index (χ1) is 12.5. The summed E-state index contributed by atoms with van der Waals surface area (Å²) < 4.78 is 39.8. The Kier molecular flexibility index (Phi) is 4.53. The normalized spacial score (nSPS) is 20.7. The Morgan fingerprint density at radius 2 is 1.69 bits per heavy atom. The zero-order valence-corrected chi connectivity index (χ0v) is 14.7. The zero-order valence-electron chi connectivity index (χ0n) is 14.7. The molecule has 0 saturated carbocycles. The van der Waals surface area contributed by atoms with Gasteiger partial charge in [0.1, 0.15) is 0 Å². The minimum atomic E-state index is -1.45. The molecule has 2 N–H and O–H groups in total. The maximum Gasteiger partial charge on any atom is 0.194 e. The fourth-order valence-electron chi connectivity index (χ4n) is 4.09. The van der Waals surface area contributed by atoms with Crippen molar-refractivity contribution in [2.24, 2.45) is 5.92 Å². The highest BCUT2D eigenvalue weighted by molar-refractivity contribution is 5.69. The molecule has 0 aliphatic carbocycles. The van der Waals surface area contributed by atoms with Crippen LogP contribution in [0.2, 0.25) is 0 Å². The van der Waals surface area contributed by atoms with Gasteiger partial charge in [-0.05, 0) is 56.6 Å². The summed E-state index contributed by atoms with van der Waals surface area (Å²) in [5.41, 5.74) is 3.26. The SMILES string of the molecule is CN1CCC(C2CNc3cc(Nc4cc(F)c(F)c(F)c4)ccc32)CC1. The van der Waals surface area contributed by atoms with Crippen LogP contribution in [0, 0.1) is 23.4 Å². The van der Waals surface area contributed by atoms with Crippen molar-refractivity contribution in [3.63, 3.8) is 0 Å². The number of benzene rings is 2. The van der Waals surface area contributed by atoms with Gasteiger partial charge in [-0.1, -0.05) is 6.07 Å². The number of anilines is 3. The lowest BCUT2D eigenvalue weighted by atomic mass is 9.81. The van der Waals surface area contributed by atoms with Crippen LogP contribution in [0.1, 0.15) is 24.3 Å². The van der Waals surface area contributed by atoms with E-state index in [1.807, 2.05) is 12.1 Å². The van der Waals surface area contributed by atoms with Crippen LogP contribution in [0.15, 0.2) is 30.3 Å². The van der Waals surface area contributed by atoms with Gasteiger partial charge < -0.3 is 15.5 Å². The van der Waals surface area contributed by atoms with Crippen molar-refractivity contribution >= 4 is 17.1 Å². The minimum absolute atomic E-state index is 0.186. The molecular weight excluding hydrogens is 339 g/mol. The lowest BCUT2D eigenvalue weighted by Gasteiger charge is -2.32. The van der Waals surface area contributed by atoms with Gasteiger partial charge >= 0.3 is 0 Å². The van der Waals surface area contributed by atoms with E-state index in [0.717, 1.165) is 37.5 Å². The van der Waals surface area contributed by atoms with Gasteiger partial charge in [-0.15, -0.1) is 0 Å². The van der Waals surface area contributed by atoms with Gasteiger partial charge in [-0.2, -0.15) is 0 Å². The van der Waals surface area contributed by atoms with Crippen LogP contribution >= 0.6 is 0 Å². The van der Waals surface area contributed by atoms with Crippen molar-refractivity contribution in [1.29, 1.82) is 0 Å². The highest BCUT2D eigenvalue weighted by Crippen LogP contribution is 2.41. The van der Waals surface area contributed by atoms with Crippen molar-refractivity contribution in [3.8, 4) is 0 Å². The molecule has 1 saturated heterocycles. The van der Waals surface area contributed by atoms with E-state index in [0.29, 0.717) is 17.5 Å². The Morgan fingerprint density at radius 3 is 2.38 bits per heavy atom. The van der Waals surface area contributed by atoms with E-state index in [1.165, 1.54) is 18.4 Å². The molecular formula is C20H22F3N3. The maximum atomic E-state index is 13.4. The second-order valence-electron chi connectivity index (χ2n) is 7.31. The van der Waals surface area contributed by atoms with Crippen molar-refractivity contribution < 1.29 is 13.2 Å². The van der Waals surface area contributed by atoms with Gasteiger partial charge in [-0.25, -0.2) is 13.2 Å². The highest BCUT2D eigenvalue weighted by Gasteiger charge is 2.31. The molecule has 0 aromatic heterocycles. The molecule has 2 aliphatic rings. The molecule has 1 atom stereocenters. The summed E-state index contributed by atoms with van der Waals surface area (Å²) in [5, 5.41) is 6.40. The molecule has 2 aliphatic heterocycles. The van der Waals surface area contributed by atoms with Crippen LogP contribution in [0.5, 0.6) is 0 Å². The minimum Gasteiger partial charge on any atom is -0.384 e. The number of piperidine rings is 1. The molecule has 0 bridgehead atoms. The molecule has 1 unspecified atom stereocenters. The standard InChI is InChI=1S/C20H22F3N3/c1-26-6-4-12(5-7-26)16-11-24-19-10-13(2-3-15(16)19)25-14-8-17(21)20(23)18(22)9-14/h2-3,8-10,12,16,24-25H,4-7,11H2,1H3. The summed E-state index contributed by atoms with van der Waals surface area (Å²) in [5.74, 6) is -2.66. The van der Waals surface area contributed by atoms with Crippen LogP contribution in [0.3, 0.4) is 0 Å². The van der Waals surface area contributed by atoms with Crippen molar-refractivity contribution in [2.45, 2.75) is 18.8 Å². The second-order valence-corrected chi connectivity index (χ2v) is 7.31. The Morgan fingerprint density at radius 1 is 1.00 bits per heavy atom. The van der Waals surface area contributed by atoms with Crippen LogP contribution in [-0.4, -0.2) is 31.6 Å². The summed E-state index contributed by atoms with van der Waals surface area (Å²) >= 11 is 0. The predicted octanol–water partition coefficient (Wildman–Crippen LogP) is 4.70. The average Bonchev–Trinajstić information content (AvgIpc) is 3.03. The van der Waals surface area contributed by atoms with Crippen LogP contribution < -0.4 is 10.6 Å². The first-order valence-electron chi connectivity index (χ1n) is 8.99. The van der Waals surface area contributed by atoms with Crippen molar-refractivity contribution in [2.75, 3.05) is 37.3 Å². The number of hydrogen-bond donors (Lipinski definition) is 2. The van der Waals surface area contributed by atoms with Crippen LogP contribution in [0.25, 0.3) is 0 Å². The molecule has 2 heterocycles.